The maximum atomic E-state index is 13.1. The van der Waals surface area contributed by atoms with E-state index in [1.807, 2.05) is 20.8 Å². The van der Waals surface area contributed by atoms with E-state index in [1.54, 1.807) is 0 Å². The molecule has 0 aliphatic rings. The number of nitro benzene ring substituents is 1. The molecule has 0 bridgehead atoms. The predicted octanol–water partition coefficient (Wildman–Crippen LogP) is 3.58. The number of halogens is 1. The summed E-state index contributed by atoms with van der Waals surface area (Å²) in [6.07, 6.45) is 0.825. The number of anilines is 1. The third-order valence-corrected chi connectivity index (χ3v) is 2.74. The first-order chi connectivity index (χ1) is 7.95. The largest absolute Gasteiger partial charge is 0.376 e. The number of nitrogens with zero attached hydrogens (tertiary/aromatic N) is 1. The minimum absolute atomic E-state index is 0.0921. The molecule has 1 atom stereocenters. The molecule has 0 aliphatic heterocycles. The molecule has 1 rings (SSSR count). The van der Waals surface area contributed by atoms with Crippen LogP contribution in [0.5, 0.6) is 0 Å². The predicted molar refractivity (Wildman–Crippen MR) is 65.6 cm³/mol. The van der Waals surface area contributed by atoms with Gasteiger partial charge in [0.1, 0.15) is 11.5 Å². The van der Waals surface area contributed by atoms with Crippen LogP contribution < -0.4 is 5.32 Å². The number of hydrogen-bond acceptors (Lipinski definition) is 3. The Morgan fingerprint density at radius 3 is 2.59 bits per heavy atom. The Morgan fingerprint density at radius 2 is 2.12 bits per heavy atom. The van der Waals surface area contributed by atoms with Gasteiger partial charge in [-0.3, -0.25) is 10.1 Å². The number of benzene rings is 1. The van der Waals surface area contributed by atoms with Gasteiger partial charge in [-0.1, -0.05) is 20.8 Å². The summed E-state index contributed by atoms with van der Waals surface area (Å²) in [5.41, 5.74) is 0.154. The normalized spacial score (nSPS) is 12.5. The van der Waals surface area contributed by atoms with Crippen LogP contribution in [0.4, 0.5) is 15.8 Å². The van der Waals surface area contributed by atoms with Crippen LogP contribution in [0.3, 0.4) is 0 Å². The highest BCUT2D eigenvalue weighted by atomic mass is 19.1. The average molecular weight is 240 g/mol. The van der Waals surface area contributed by atoms with Gasteiger partial charge in [0.2, 0.25) is 0 Å². The minimum Gasteiger partial charge on any atom is -0.376 e. The molecule has 0 aliphatic carbocycles. The van der Waals surface area contributed by atoms with Gasteiger partial charge >= 0.3 is 0 Å². The molecule has 1 aromatic rings. The summed E-state index contributed by atoms with van der Waals surface area (Å²) in [7, 11) is 0. The van der Waals surface area contributed by atoms with E-state index in [1.165, 1.54) is 12.1 Å². The Balaban J connectivity index is 3.03. The van der Waals surface area contributed by atoms with Gasteiger partial charge < -0.3 is 5.32 Å². The zero-order chi connectivity index (χ0) is 13.0. The van der Waals surface area contributed by atoms with Gasteiger partial charge in [0, 0.05) is 18.2 Å². The summed E-state index contributed by atoms with van der Waals surface area (Å²) in [6.45, 7) is 6.03. The van der Waals surface area contributed by atoms with E-state index in [0.717, 1.165) is 12.5 Å². The maximum absolute atomic E-state index is 13.1. The van der Waals surface area contributed by atoms with Crippen LogP contribution >= 0.6 is 0 Å². The first-order valence-corrected chi connectivity index (χ1v) is 5.66. The fourth-order valence-corrected chi connectivity index (χ4v) is 1.72. The molecule has 0 radical (unpaired) electrons. The van der Waals surface area contributed by atoms with Crippen LogP contribution in [0, 0.1) is 21.8 Å². The number of hydrogen-bond donors (Lipinski definition) is 1. The van der Waals surface area contributed by atoms with Gasteiger partial charge in [0.25, 0.3) is 5.69 Å². The lowest BCUT2D eigenvalue weighted by molar-refractivity contribution is -0.384. The van der Waals surface area contributed by atoms with E-state index in [9.17, 15) is 14.5 Å². The molecular formula is C12H17FN2O2. The molecule has 1 aromatic carbocycles. The molecule has 0 fully saturated rings. The molecule has 0 amide bonds. The van der Waals surface area contributed by atoms with Crippen LogP contribution in [0.15, 0.2) is 18.2 Å². The minimum atomic E-state index is -0.505. The molecule has 17 heavy (non-hydrogen) atoms. The highest BCUT2D eigenvalue weighted by Crippen LogP contribution is 2.27. The Hall–Kier alpha value is -1.65. The Morgan fingerprint density at radius 1 is 1.47 bits per heavy atom. The lowest BCUT2D eigenvalue weighted by atomic mass is 10.0. The smallest absolute Gasteiger partial charge is 0.292 e. The molecule has 1 N–H and O–H groups in total. The Bertz CT molecular complexity index is 407. The average Bonchev–Trinajstić information content (AvgIpc) is 2.25. The third-order valence-electron chi connectivity index (χ3n) is 2.74. The molecule has 0 heterocycles. The van der Waals surface area contributed by atoms with Crippen molar-refractivity contribution in [2.45, 2.75) is 33.2 Å². The van der Waals surface area contributed by atoms with Crippen molar-refractivity contribution < 1.29 is 9.31 Å². The summed E-state index contributed by atoms with van der Waals surface area (Å²) in [6, 6.07) is 3.54. The number of nitro groups is 1. The van der Waals surface area contributed by atoms with Gasteiger partial charge in [-0.25, -0.2) is 4.39 Å². The fraction of sp³-hybridized carbons (Fsp3) is 0.500. The first kappa shape index (κ1) is 13.4. The van der Waals surface area contributed by atoms with E-state index in [4.69, 9.17) is 0 Å². The van der Waals surface area contributed by atoms with E-state index < -0.39 is 10.7 Å². The Labute approximate surface area is 100.0 Å². The van der Waals surface area contributed by atoms with Crippen molar-refractivity contribution in [2.75, 3.05) is 5.32 Å². The number of nitrogens with one attached hydrogen (secondary N) is 1. The van der Waals surface area contributed by atoms with Gasteiger partial charge in [-0.05, 0) is 18.4 Å². The second-order valence-electron chi connectivity index (χ2n) is 4.32. The van der Waals surface area contributed by atoms with Crippen molar-refractivity contribution >= 4 is 11.4 Å². The van der Waals surface area contributed by atoms with Crippen LogP contribution in [0.2, 0.25) is 0 Å². The van der Waals surface area contributed by atoms with Gasteiger partial charge in [-0.15, -0.1) is 0 Å². The highest BCUT2D eigenvalue weighted by molar-refractivity contribution is 5.61. The quantitative estimate of drug-likeness (QED) is 0.632. The van der Waals surface area contributed by atoms with Gasteiger partial charge in [-0.2, -0.15) is 0 Å². The highest BCUT2D eigenvalue weighted by Gasteiger charge is 2.18. The summed E-state index contributed by atoms with van der Waals surface area (Å²) >= 11 is 0. The lowest BCUT2D eigenvalue weighted by Gasteiger charge is -2.21. The summed E-state index contributed by atoms with van der Waals surface area (Å²) in [5, 5.41) is 13.9. The van der Waals surface area contributed by atoms with Gasteiger partial charge in [0.15, 0.2) is 0 Å². The van der Waals surface area contributed by atoms with Crippen LogP contribution in [-0.4, -0.2) is 11.0 Å². The second-order valence-corrected chi connectivity index (χ2v) is 4.32. The lowest BCUT2D eigenvalue weighted by Crippen LogP contribution is -2.25. The molecule has 0 aromatic heterocycles. The van der Waals surface area contributed by atoms with Crippen molar-refractivity contribution in [2.24, 2.45) is 5.92 Å². The molecule has 4 nitrogen and oxygen atoms in total. The topological polar surface area (TPSA) is 55.2 Å². The van der Waals surface area contributed by atoms with Crippen LogP contribution in [0.25, 0.3) is 0 Å². The van der Waals surface area contributed by atoms with Crippen molar-refractivity contribution in [3.63, 3.8) is 0 Å². The molecule has 0 saturated carbocycles. The Kier molecular flexibility index (Phi) is 4.43. The zero-order valence-corrected chi connectivity index (χ0v) is 10.2. The van der Waals surface area contributed by atoms with Crippen LogP contribution in [-0.2, 0) is 0 Å². The SMILES string of the molecule is CCC(Nc1cc(F)ccc1[N+](=O)[O-])C(C)C. The summed E-state index contributed by atoms with van der Waals surface area (Å²) in [4.78, 5) is 10.3. The molecule has 1 unspecified atom stereocenters. The van der Waals surface area contributed by atoms with E-state index in [0.29, 0.717) is 5.92 Å². The molecule has 0 saturated heterocycles. The van der Waals surface area contributed by atoms with Crippen molar-refractivity contribution in [3.8, 4) is 0 Å². The van der Waals surface area contributed by atoms with Crippen molar-refractivity contribution in [1.82, 2.24) is 0 Å². The summed E-state index contributed by atoms with van der Waals surface area (Å²) < 4.78 is 13.1. The fourth-order valence-electron chi connectivity index (χ4n) is 1.72. The third kappa shape index (κ3) is 3.41. The van der Waals surface area contributed by atoms with E-state index in [-0.39, 0.29) is 17.4 Å². The summed E-state index contributed by atoms with van der Waals surface area (Å²) in [5.74, 6) is -0.153. The number of rotatable bonds is 5. The van der Waals surface area contributed by atoms with Crippen molar-refractivity contribution in [3.05, 3.63) is 34.1 Å². The first-order valence-electron chi connectivity index (χ1n) is 5.66. The zero-order valence-electron chi connectivity index (χ0n) is 10.2. The van der Waals surface area contributed by atoms with Crippen LogP contribution in [0.1, 0.15) is 27.2 Å². The monoisotopic (exact) mass is 240 g/mol. The van der Waals surface area contributed by atoms with Crippen molar-refractivity contribution in [1.29, 1.82) is 0 Å². The molecular weight excluding hydrogens is 223 g/mol. The van der Waals surface area contributed by atoms with E-state index in [2.05, 4.69) is 5.32 Å². The molecule has 0 spiro atoms. The van der Waals surface area contributed by atoms with Gasteiger partial charge in [0.05, 0.1) is 4.92 Å². The molecule has 94 valence electrons. The maximum Gasteiger partial charge on any atom is 0.292 e. The van der Waals surface area contributed by atoms with E-state index >= 15 is 0 Å². The standard InChI is InChI=1S/C12H17FN2O2/c1-4-10(8(2)3)14-11-7-9(13)5-6-12(11)15(16)17/h5-8,10,14H,4H2,1-3H3. The molecule has 5 heteroatoms. The second kappa shape index (κ2) is 5.61.